The molecule has 1 unspecified atom stereocenters. The molecule has 1 aliphatic heterocycles. The summed E-state index contributed by atoms with van der Waals surface area (Å²) in [5, 5.41) is 2.90. The number of piperidine rings is 1. The number of rotatable bonds is 6. The summed E-state index contributed by atoms with van der Waals surface area (Å²) in [4.78, 5) is 26.7. The summed E-state index contributed by atoms with van der Waals surface area (Å²) in [6.45, 7) is 1.51. The van der Waals surface area contributed by atoms with Gasteiger partial charge in [0.05, 0.1) is 0 Å². The zero-order chi connectivity index (χ0) is 19.9. The van der Waals surface area contributed by atoms with Crippen LogP contribution in [0.1, 0.15) is 36.4 Å². The molecule has 1 heterocycles. The minimum absolute atomic E-state index is 0.0163. The third-order valence-electron chi connectivity index (χ3n) is 5.22. The SMILES string of the molecule is NC(CC(=O)N1CCC(C(=O)NCc2ccc(F)cc2)CC1)c1ccccc1. The molecule has 2 aromatic rings. The van der Waals surface area contributed by atoms with E-state index in [2.05, 4.69) is 5.32 Å². The van der Waals surface area contributed by atoms with Crippen LogP contribution in [0.25, 0.3) is 0 Å². The van der Waals surface area contributed by atoms with Crippen LogP contribution in [0, 0.1) is 11.7 Å². The van der Waals surface area contributed by atoms with Crippen molar-refractivity contribution in [2.24, 2.45) is 11.7 Å². The maximum atomic E-state index is 12.9. The van der Waals surface area contributed by atoms with Crippen LogP contribution in [-0.2, 0) is 16.1 Å². The Hall–Kier alpha value is -2.73. The number of halogens is 1. The first-order valence-corrected chi connectivity index (χ1v) is 9.63. The van der Waals surface area contributed by atoms with Gasteiger partial charge in [0.1, 0.15) is 5.82 Å². The predicted molar refractivity (Wildman–Crippen MR) is 106 cm³/mol. The summed E-state index contributed by atoms with van der Waals surface area (Å²) in [5.74, 6) is -0.384. The van der Waals surface area contributed by atoms with E-state index in [-0.39, 0.29) is 36.0 Å². The number of likely N-dealkylation sites (tertiary alicyclic amines) is 1. The Morgan fingerprint density at radius 3 is 2.36 bits per heavy atom. The number of hydrogen-bond acceptors (Lipinski definition) is 3. The van der Waals surface area contributed by atoms with E-state index in [1.807, 2.05) is 30.3 Å². The molecule has 0 aromatic heterocycles. The van der Waals surface area contributed by atoms with Gasteiger partial charge in [-0.25, -0.2) is 4.39 Å². The Morgan fingerprint density at radius 1 is 1.07 bits per heavy atom. The van der Waals surface area contributed by atoms with Crippen molar-refractivity contribution in [1.29, 1.82) is 0 Å². The number of carbonyl (C=O) groups is 2. The van der Waals surface area contributed by atoms with E-state index in [0.29, 0.717) is 32.5 Å². The first kappa shape index (κ1) is 20.0. The fraction of sp³-hybridized carbons (Fsp3) is 0.364. The van der Waals surface area contributed by atoms with Crippen LogP contribution in [0.5, 0.6) is 0 Å². The average molecular weight is 383 g/mol. The van der Waals surface area contributed by atoms with Gasteiger partial charge < -0.3 is 16.0 Å². The normalized spacial score (nSPS) is 15.9. The van der Waals surface area contributed by atoms with Gasteiger partial charge in [-0.05, 0) is 36.1 Å². The molecule has 0 radical (unpaired) electrons. The first-order valence-electron chi connectivity index (χ1n) is 9.63. The van der Waals surface area contributed by atoms with E-state index >= 15 is 0 Å². The minimum Gasteiger partial charge on any atom is -0.352 e. The van der Waals surface area contributed by atoms with Crippen LogP contribution in [0.3, 0.4) is 0 Å². The largest absolute Gasteiger partial charge is 0.352 e. The van der Waals surface area contributed by atoms with Gasteiger partial charge in [0.2, 0.25) is 11.8 Å². The lowest BCUT2D eigenvalue weighted by Crippen LogP contribution is -2.43. The Labute approximate surface area is 164 Å². The molecular weight excluding hydrogens is 357 g/mol. The smallest absolute Gasteiger partial charge is 0.224 e. The quantitative estimate of drug-likeness (QED) is 0.805. The number of amides is 2. The number of nitrogens with zero attached hydrogens (tertiary/aromatic N) is 1. The summed E-state index contributed by atoms with van der Waals surface area (Å²) < 4.78 is 12.9. The molecular formula is C22H26FN3O2. The maximum absolute atomic E-state index is 12.9. The fourth-order valence-corrected chi connectivity index (χ4v) is 3.46. The van der Waals surface area contributed by atoms with E-state index in [0.717, 1.165) is 11.1 Å². The summed E-state index contributed by atoms with van der Waals surface area (Å²) in [6.07, 6.45) is 1.55. The van der Waals surface area contributed by atoms with Crippen molar-refractivity contribution in [3.8, 4) is 0 Å². The standard InChI is InChI=1S/C22H26FN3O2/c23-19-8-6-16(7-9-19)15-25-22(28)18-10-12-26(13-11-18)21(27)14-20(24)17-4-2-1-3-5-17/h1-9,18,20H,10-15,24H2,(H,25,28). The van der Waals surface area contributed by atoms with Crippen molar-refractivity contribution in [3.05, 3.63) is 71.5 Å². The van der Waals surface area contributed by atoms with E-state index in [1.165, 1.54) is 12.1 Å². The molecule has 28 heavy (non-hydrogen) atoms. The van der Waals surface area contributed by atoms with Crippen LogP contribution in [0.4, 0.5) is 4.39 Å². The molecule has 5 nitrogen and oxygen atoms in total. The van der Waals surface area contributed by atoms with Gasteiger partial charge in [0, 0.05) is 38.0 Å². The van der Waals surface area contributed by atoms with Gasteiger partial charge in [-0.3, -0.25) is 9.59 Å². The van der Waals surface area contributed by atoms with E-state index < -0.39 is 0 Å². The van der Waals surface area contributed by atoms with Crippen molar-refractivity contribution < 1.29 is 14.0 Å². The molecule has 6 heteroatoms. The summed E-state index contributed by atoms with van der Waals surface area (Å²) >= 11 is 0. The molecule has 3 rings (SSSR count). The molecule has 2 amide bonds. The van der Waals surface area contributed by atoms with Crippen LogP contribution >= 0.6 is 0 Å². The van der Waals surface area contributed by atoms with Crippen molar-refractivity contribution in [1.82, 2.24) is 10.2 Å². The Kier molecular flexibility index (Phi) is 6.76. The Bertz CT molecular complexity index is 787. The summed E-state index contributed by atoms with van der Waals surface area (Å²) in [7, 11) is 0. The molecule has 148 valence electrons. The number of nitrogens with two attached hydrogens (primary N) is 1. The van der Waals surface area contributed by atoms with Crippen molar-refractivity contribution in [2.45, 2.75) is 31.8 Å². The highest BCUT2D eigenvalue weighted by Crippen LogP contribution is 2.21. The maximum Gasteiger partial charge on any atom is 0.224 e. The van der Waals surface area contributed by atoms with E-state index in [4.69, 9.17) is 5.73 Å². The Morgan fingerprint density at radius 2 is 1.71 bits per heavy atom. The highest BCUT2D eigenvalue weighted by molar-refractivity contribution is 5.80. The highest BCUT2D eigenvalue weighted by Gasteiger charge is 2.27. The van der Waals surface area contributed by atoms with Gasteiger partial charge in [-0.15, -0.1) is 0 Å². The summed E-state index contributed by atoms with van der Waals surface area (Å²) in [6, 6.07) is 15.4. The van der Waals surface area contributed by atoms with Gasteiger partial charge in [0.15, 0.2) is 0 Å². The van der Waals surface area contributed by atoms with E-state index in [1.54, 1.807) is 17.0 Å². The Balaban J connectivity index is 1.42. The van der Waals surface area contributed by atoms with Gasteiger partial charge in [0.25, 0.3) is 0 Å². The molecule has 0 saturated carbocycles. The second-order valence-corrected chi connectivity index (χ2v) is 7.22. The van der Waals surface area contributed by atoms with Crippen LogP contribution in [0.2, 0.25) is 0 Å². The molecule has 3 N–H and O–H groups in total. The number of hydrogen-bond donors (Lipinski definition) is 2. The lowest BCUT2D eigenvalue weighted by atomic mass is 9.95. The molecule has 0 aliphatic carbocycles. The van der Waals surface area contributed by atoms with Gasteiger partial charge >= 0.3 is 0 Å². The molecule has 1 fully saturated rings. The van der Waals surface area contributed by atoms with Crippen LogP contribution < -0.4 is 11.1 Å². The zero-order valence-corrected chi connectivity index (χ0v) is 15.8. The topological polar surface area (TPSA) is 75.4 Å². The lowest BCUT2D eigenvalue weighted by Gasteiger charge is -2.32. The average Bonchev–Trinajstić information content (AvgIpc) is 2.73. The van der Waals surface area contributed by atoms with Crippen molar-refractivity contribution in [2.75, 3.05) is 13.1 Å². The highest BCUT2D eigenvalue weighted by atomic mass is 19.1. The molecule has 1 aliphatic rings. The van der Waals surface area contributed by atoms with Gasteiger partial charge in [-0.1, -0.05) is 42.5 Å². The molecule has 0 bridgehead atoms. The second-order valence-electron chi connectivity index (χ2n) is 7.22. The third kappa shape index (κ3) is 5.39. The number of carbonyl (C=O) groups excluding carboxylic acids is 2. The molecule has 0 spiro atoms. The lowest BCUT2D eigenvalue weighted by molar-refractivity contribution is -0.136. The molecule has 1 saturated heterocycles. The second kappa shape index (κ2) is 9.46. The van der Waals surface area contributed by atoms with Crippen LogP contribution in [-0.4, -0.2) is 29.8 Å². The zero-order valence-electron chi connectivity index (χ0n) is 15.8. The summed E-state index contributed by atoms with van der Waals surface area (Å²) in [5.41, 5.74) is 7.96. The van der Waals surface area contributed by atoms with Gasteiger partial charge in [-0.2, -0.15) is 0 Å². The van der Waals surface area contributed by atoms with Crippen molar-refractivity contribution >= 4 is 11.8 Å². The number of nitrogens with one attached hydrogen (secondary N) is 1. The monoisotopic (exact) mass is 383 g/mol. The number of benzene rings is 2. The van der Waals surface area contributed by atoms with Crippen LogP contribution in [0.15, 0.2) is 54.6 Å². The predicted octanol–water partition coefficient (Wildman–Crippen LogP) is 2.77. The van der Waals surface area contributed by atoms with Crippen molar-refractivity contribution in [3.63, 3.8) is 0 Å². The van der Waals surface area contributed by atoms with E-state index in [9.17, 15) is 14.0 Å². The fourth-order valence-electron chi connectivity index (χ4n) is 3.46. The molecule has 1 atom stereocenters. The third-order valence-corrected chi connectivity index (χ3v) is 5.22. The minimum atomic E-state index is -0.314. The molecule has 2 aromatic carbocycles. The first-order chi connectivity index (χ1) is 13.5.